The molecule has 0 aliphatic heterocycles. The maximum atomic E-state index is 13.0. The molecule has 0 atom stereocenters. The predicted octanol–water partition coefficient (Wildman–Crippen LogP) is 3.38. The number of ether oxygens (including phenoxy) is 3. The summed E-state index contributed by atoms with van der Waals surface area (Å²) in [6, 6.07) is 8.63. The van der Waals surface area contributed by atoms with Crippen molar-refractivity contribution in [1.29, 1.82) is 0 Å². The summed E-state index contributed by atoms with van der Waals surface area (Å²) in [7, 11) is -2.31. The van der Waals surface area contributed by atoms with Crippen molar-refractivity contribution in [2.24, 2.45) is 0 Å². The van der Waals surface area contributed by atoms with Crippen molar-refractivity contribution in [3.63, 3.8) is 0 Å². The highest BCUT2D eigenvalue weighted by Gasteiger charge is 2.31. The molecule has 8 nitrogen and oxygen atoms in total. The van der Waals surface area contributed by atoms with Gasteiger partial charge in [0.05, 0.1) is 34.9 Å². The Morgan fingerprint density at radius 3 is 2.32 bits per heavy atom. The molecule has 0 bridgehead atoms. The summed E-state index contributed by atoms with van der Waals surface area (Å²) in [6.07, 6.45) is -5.15. The van der Waals surface area contributed by atoms with Crippen LogP contribution in [0.4, 0.5) is 18.9 Å². The van der Waals surface area contributed by atoms with E-state index in [-0.39, 0.29) is 29.5 Å². The molecule has 0 saturated heterocycles. The Morgan fingerprint density at radius 1 is 1.03 bits per heavy atom. The van der Waals surface area contributed by atoms with E-state index in [0.29, 0.717) is 6.07 Å². The number of anilines is 1. The molecule has 0 unspecified atom stereocenters. The molecule has 0 saturated carbocycles. The van der Waals surface area contributed by atoms with Crippen LogP contribution in [0.3, 0.4) is 0 Å². The van der Waals surface area contributed by atoms with Crippen molar-refractivity contribution >= 4 is 27.4 Å². The molecule has 0 spiro atoms. The zero-order valence-electron chi connectivity index (χ0n) is 18.5. The average Bonchev–Trinajstić information content (AvgIpc) is 2.77. The van der Waals surface area contributed by atoms with Gasteiger partial charge >= 0.3 is 12.1 Å². The van der Waals surface area contributed by atoms with E-state index in [1.807, 2.05) is 0 Å². The second kappa shape index (κ2) is 11.8. The Hall–Kier alpha value is -3.12. The van der Waals surface area contributed by atoms with Crippen molar-refractivity contribution in [1.82, 2.24) is 0 Å². The number of amides is 1. The molecule has 0 aliphatic rings. The van der Waals surface area contributed by atoms with Gasteiger partial charge in [-0.15, -0.1) is 0 Å². The van der Waals surface area contributed by atoms with Gasteiger partial charge in [0, 0.05) is 7.11 Å². The second-order valence-corrected chi connectivity index (χ2v) is 9.25. The van der Waals surface area contributed by atoms with E-state index in [4.69, 9.17) is 14.2 Å². The van der Waals surface area contributed by atoms with E-state index in [2.05, 4.69) is 5.32 Å². The Labute approximate surface area is 194 Å². The molecule has 0 aliphatic carbocycles. The number of halogens is 3. The van der Waals surface area contributed by atoms with E-state index in [1.54, 1.807) is 19.1 Å². The lowest BCUT2D eigenvalue weighted by Crippen LogP contribution is -2.23. The highest BCUT2D eigenvalue weighted by atomic mass is 32.2. The number of carbonyl (C=O) groups excluding carboxylic acids is 2. The van der Waals surface area contributed by atoms with Crippen LogP contribution < -0.4 is 10.1 Å². The Bertz CT molecular complexity index is 1100. The van der Waals surface area contributed by atoms with Gasteiger partial charge in [-0.3, -0.25) is 9.59 Å². The topological polar surface area (TPSA) is 108 Å². The quantitative estimate of drug-likeness (QED) is 0.370. The van der Waals surface area contributed by atoms with Gasteiger partial charge in [0.2, 0.25) is 0 Å². The molecule has 2 aromatic rings. The minimum Gasteiger partial charge on any atom is -0.489 e. The number of methoxy groups -OCH3 is 1. The van der Waals surface area contributed by atoms with Crippen molar-refractivity contribution in [2.75, 3.05) is 38.0 Å². The number of rotatable bonds is 11. The summed E-state index contributed by atoms with van der Waals surface area (Å²) in [6.45, 7) is 1.16. The van der Waals surface area contributed by atoms with Gasteiger partial charge in [0.25, 0.3) is 5.91 Å². The van der Waals surface area contributed by atoms with Gasteiger partial charge in [-0.1, -0.05) is 17.7 Å². The fraction of sp³-hybridized carbons (Fsp3) is 0.364. The summed E-state index contributed by atoms with van der Waals surface area (Å²) in [4.78, 5) is 24.1. The summed E-state index contributed by atoms with van der Waals surface area (Å²) < 4.78 is 78.5. The molecule has 2 rings (SSSR count). The molecular formula is C22H24F3NO7S. The molecule has 34 heavy (non-hydrogen) atoms. The van der Waals surface area contributed by atoms with E-state index < -0.39 is 52.2 Å². The predicted molar refractivity (Wildman–Crippen MR) is 116 cm³/mol. The minimum absolute atomic E-state index is 0.0230. The number of hydrogen-bond donors (Lipinski definition) is 1. The van der Waals surface area contributed by atoms with Crippen LogP contribution in [0.25, 0.3) is 0 Å². The molecule has 0 heterocycles. The maximum Gasteiger partial charge on any atom is 0.416 e. The molecule has 0 fully saturated rings. The first kappa shape index (κ1) is 27.1. The monoisotopic (exact) mass is 503 g/mol. The second-order valence-electron chi connectivity index (χ2n) is 7.14. The van der Waals surface area contributed by atoms with Gasteiger partial charge in [-0.05, 0) is 37.3 Å². The summed E-state index contributed by atoms with van der Waals surface area (Å²) in [5.41, 5.74) is -0.411. The SMILES string of the molecule is COCCOc1ccc(C(F)(F)F)cc1NC(=O)COC(=O)CCS(=O)(=O)c1ccc(C)cc1. The van der Waals surface area contributed by atoms with Gasteiger partial charge in [-0.25, -0.2) is 8.42 Å². The smallest absolute Gasteiger partial charge is 0.416 e. The maximum absolute atomic E-state index is 13.0. The van der Waals surface area contributed by atoms with Gasteiger partial charge < -0.3 is 19.5 Å². The van der Waals surface area contributed by atoms with E-state index >= 15 is 0 Å². The first-order chi connectivity index (χ1) is 15.9. The van der Waals surface area contributed by atoms with E-state index in [9.17, 15) is 31.2 Å². The van der Waals surface area contributed by atoms with Crippen LogP contribution in [0.15, 0.2) is 47.4 Å². The first-order valence-corrected chi connectivity index (χ1v) is 11.7. The number of alkyl halides is 3. The minimum atomic E-state index is -4.65. The third-order valence-corrected chi connectivity index (χ3v) is 6.18. The number of esters is 1. The van der Waals surface area contributed by atoms with Gasteiger partial charge in [0.15, 0.2) is 16.4 Å². The molecular weight excluding hydrogens is 479 g/mol. The van der Waals surface area contributed by atoms with Crippen LogP contribution >= 0.6 is 0 Å². The standard InChI is InChI=1S/C22H24F3NO7S/c1-15-3-6-17(7-4-15)34(29,30)12-9-21(28)33-14-20(27)26-18-13-16(22(23,24)25)5-8-19(18)32-11-10-31-2/h3-8,13H,9-12,14H2,1-2H3,(H,26,27). The summed E-state index contributed by atoms with van der Waals surface area (Å²) >= 11 is 0. The Balaban J connectivity index is 1.95. The Morgan fingerprint density at radius 2 is 1.71 bits per heavy atom. The summed E-state index contributed by atoms with van der Waals surface area (Å²) in [5, 5.41) is 2.21. The Kier molecular flexibility index (Phi) is 9.45. The van der Waals surface area contributed by atoms with Gasteiger partial charge in [-0.2, -0.15) is 13.2 Å². The van der Waals surface area contributed by atoms with Crippen molar-refractivity contribution in [3.8, 4) is 5.75 Å². The largest absolute Gasteiger partial charge is 0.489 e. The fourth-order valence-electron chi connectivity index (χ4n) is 2.65. The molecule has 186 valence electrons. The average molecular weight is 503 g/mol. The van der Waals surface area contributed by atoms with Crippen LogP contribution in [-0.4, -0.2) is 53.0 Å². The zero-order chi connectivity index (χ0) is 25.4. The first-order valence-electron chi connectivity index (χ1n) is 10.0. The molecule has 0 aromatic heterocycles. The van der Waals surface area contributed by atoms with Crippen molar-refractivity contribution < 1.29 is 45.4 Å². The number of nitrogens with one attached hydrogen (secondary N) is 1. The fourth-order valence-corrected chi connectivity index (χ4v) is 3.87. The highest BCUT2D eigenvalue weighted by Crippen LogP contribution is 2.35. The van der Waals surface area contributed by atoms with Crippen molar-refractivity contribution in [2.45, 2.75) is 24.4 Å². The lowest BCUT2D eigenvalue weighted by molar-refractivity contribution is -0.146. The zero-order valence-corrected chi connectivity index (χ0v) is 19.3. The van der Waals surface area contributed by atoms with Crippen LogP contribution in [0.5, 0.6) is 5.75 Å². The normalized spacial score (nSPS) is 11.7. The van der Waals surface area contributed by atoms with Crippen LogP contribution in [0.1, 0.15) is 17.5 Å². The number of aryl methyl sites for hydroxylation is 1. The van der Waals surface area contributed by atoms with Crippen LogP contribution in [-0.2, 0) is 35.1 Å². The molecule has 1 amide bonds. The third-order valence-electron chi connectivity index (χ3n) is 4.45. The van der Waals surface area contributed by atoms with Crippen LogP contribution in [0.2, 0.25) is 0 Å². The number of sulfone groups is 1. The number of carbonyl (C=O) groups is 2. The third kappa shape index (κ3) is 8.34. The van der Waals surface area contributed by atoms with E-state index in [0.717, 1.165) is 17.7 Å². The molecule has 0 radical (unpaired) electrons. The van der Waals surface area contributed by atoms with E-state index in [1.165, 1.54) is 19.2 Å². The molecule has 12 heteroatoms. The van der Waals surface area contributed by atoms with Crippen LogP contribution in [0, 0.1) is 6.92 Å². The molecule has 1 N–H and O–H groups in total. The number of hydrogen-bond acceptors (Lipinski definition) is 7. The highest BCUT2D eigenvalue weighted by molar-refractivity contribution is 7.91. The lowest BCUT2D eigenvalue weighted by Gasteiger charge is -2.15. The summed E-state index contributed by atoms with van der Waals surface area (Å²) in [5.74, 6) is -2.44. The lowest BCUT2D eigenvalue weighted by atomic mass is 10.1. The van der Waals surface area contributed by atoms with Gasteiger partial charge in [0.1, 0.15) is 12.4 Å². The molecule has 2 aromatic carbocycles. The van der Waals surface area contributed by atoms with Crippen molar-refractivity contribution in [3.05, 3.63) is 53.6 Å². The number of benzene rings is 2.